The van der Waals surface area contributed by atoms with Crippen LogP contribution < -0.4 is 10.6 Å². The van der Waals surface area contributed by atoms with Crippen molar-refractivity contribution in [3.63, 3.8) is 0 Å². The smallest absolute Gasteiger partial charge is 0.412 e. The highest BCUT2D eigenvalue weighted by Crippen LogP contribution is 2.21. The third-order valence-electron chi connectivity index (χ3n) is 2.71. The number of carbonyl (C=O) groups excluding carboxylic acids is 1. The first kappa shape index (κ1) is 17.2. The minimum Gasteiger partial charge on any atom is -0.444 e. The first-order valence-corrected chi connectivity index (χ1v) is 8.05. The van der Waals surface area contributed by atoms with Crippen LogP contribution in [0.2, 0.25) is 0 Å². The fourth-order valence-electron chi connectivity index (χ4n) is 1.81. The number of anilines is 2. The maximum absolute atomic E-state index is 13.8. The van der Waals surface area contributed by atoms with Gasteiger partial charge in [-0.25, -0.2) is 14.2 Å². The maximum atomic E-state index is 13.8. The van der Waals surface area contributed by atoms with Crippen molar-refractivity contribution in [2.45, 2.75) is 39.8 Å². The third-order valence-corrected chi connectivity index (χ3v) is 3.68. The zero-order valence-corrected chi connectivity index (χ0v) is 14.4. The quantitative estimate of drug-likeness (QED) is 0.859. The number of thiazole rings is 1. The van der Waals surface area contributed by atoms with Crippen molar-refractivity contribution < 1.29 is 13.9 Å². The molecule has 2 N–H and O–H groups in total. The Morgan fingerprint density at radius 2 is 2.13 bits per heavy atom. The average Bonchev–Trinajstić information content (AvgIpc) is 2.83. The molecule has 7 heteroatoms. The van der Waals surface area contributed by atoms with Crippen LogP contribution in [0.5, 0.6) is 0 Å². The predicted molar refractivity (Wildman–Crippen MR) is 90.4 cm³/mol. The zero-order valence-electron chi connectivity index (χ0n) is 13.6. The van der Waals surface area contributed by atoms with E-state index in [2.05, 4.69) is 15.6 Å². The van der Waals surface area contributed by atoms with Gasteiger partial charge >= 0.3 is 6.09 Å². The Morgan fingerprint density at radius 1 is 1.39 bits per heavy atom. The fraction of sp³-hybridized carbons (Fsp3) is 0.375. The number of hydrogen-bond acceptors (Lipinski definition) is 5. The number of ether oxygens (including phenoxy) is 1. The lowest BCUT2D eigenvalue weighted by Crippen LogP contribution is -2.27. The van der Waals surface area contributed by atoms with E-state index in [-0.39, 0.29) is 5.69 Å². The van der Waals surface area contributed by atoms with E-state index < -0.39 is 17.5 Å². The molecule has 0 radical (unpaired) electrons. The summed E-state index contributed by atoms with van der Waals surface area (Å²) in [7, 11) is 0. The summed E-state index contributed by atoms with van der Waals surface area (Å²) in [5, 5.41) is 8.48. The molecule has 23 heavy (non-hydrogen) atoms. The number of amides is 1. The number of aryl methyl sites for hydroxylation is 1. The Bertz CT molecular complexity index is 695. The molecule has 2 rings (SSSR count). The Labute approximate surface area is 138 Å². The third kappa shape index (κ3) is 5.52. The van der Waals surface area contributed by atoms with Crippen molar-refractivity contribution in [2.24, 2.45) is 0 Å². The molecule has 1 heterocycles. The second kappa shape index (κ2) is 6.95. The highest BCUT2D eigenvalue weighted by atomic mass is 32.1. The first-order chi connectivity index (χ1) is 10.7. The second-order valence-electron chi connectivity index (χ2n) is 6.06. The van der Waals surface area contributed by atoms with E-state index in [0.29, 0.717) is 12.2 Å². The molecule has 0 atom stereocenters. The minimum absolute atomic E-state index is 0.0690. The molecule has 124 valence electrons. The summed E-state index contributed by atoms with van der Waals surface area (Å²) in [5.41, 5.74) is 1.09. The number of carbonyl (C=O) groups is 1. The van der Waals surface area contributed by atoms with Gasteiger partial charge in [0.05, 0.1) is 12.2 Å². The fourth-order valence-corrected chi connectivity index (χ4v) is 2.52. The van der Waals surface area contributed by atoms with Gasteiger partial charge in [-0.1, -0.05) is 0 Å². The molecular formula is C16H20FN3O2S. The molecule has 0 aliphatic rings. The highest BCUT2D eigenvalue weighted by molar-refractivity contribution is 7.09. The predicted octanol–water partition coefficient (Wildman–Crippen LogP) is 4.55. The summed E-state index contributed by atoms with van der Waals surface area (Å²) in [6, 6.07) is 4.43. The normalized spacial score (nSPS) is 11.2. The van der Waals surface area contributed by atoms with E-state index in [1.165, 1.54) is 12.1 Å². The zero-order chi connectivity index (χ0) is 17.0. The number of nitrogens with one attached hydrogen (secondary N) is 2. The lowest BCUT2D eigenvalue weighted by molar-refractivity contribution is 0.0635. The van der Waals surface area contributed by atoms with Crippen LogP contribution in [-0.4, -0.2) is 16.7 Å². The van der Waals surface area contributed by atoms with Gasteiger partial charge in [-0.05, 0) is 45.9 Å². The summed E-state index contributed by atoms with van der Waals surface area (Å²) in [6.07, 6.45) is -0.691. The van der Waals surface area contributed by atoms with Gasteiger partial charge in [-0.3, -0.25) is 5.32 Å². The van der Waals surface area contributed by atoms with Gasteiger partial charge in [0, 0.05) is 16.8 Å². The van der Waals surface area contributed by atoms with Crippen LogP contribution in [0.4, 0.5) is 20.6 Å². The van der Waals surface area contributed by atoms with E-state index >= 15 is 0 Å². The van der Waals surface area contributed by atoms with Gasteiger partial charge in [-0.2, -0.15) is 0 Å². The molecule has 0 saturated carbocycles. The number of benzene rings is 1. The molecule has 0 unspecified atom stereocenters. The van der Waals surface area contributed by atoms with Crippen LogP contribution in [0, 0.1) is 12.7 Å². The molecule has 5 nitrogen and oxygen atoms in total. The Hall–Kier alpha value is -2.15. The molecule has 0 bridgehead atoms. The number of hydrogen-bond donors (Lipinski definition) is 2. The van der Waals surface area contributed by atoms with Gasteiger partial charge in [0.2, 0.25) is 0 Å². The molecule has 2 aromatic rings. The van der Waals surface area contributed by atoms with Crippen LogP contribution in [-0.2, 0) is 11.3 Å². The van der Waals surface area contributed by atoms with Crippen molar-refractivity contribution in [2.75, 3.05) is 10.6 Å². The molecule has 1 aromatic carbocycles. The van der Waals surface area contributed by atoms with Gasteiger partial charge in [-0.15, -0.1) is 11.3 Å². The molecule has 1 aromatic heterocycles. The first-order valence-electron chi connectivity index (χ1n) is 7.17. The molecular weight excluding hydrogens is 317 g/mol. The molecule has 1 amide bonds. The van der Waals surface area contributed by atoms with E-state index in [4.69, 9.17) is 4.74 Å². The summed E-state index contributed by atoms with van der Waals surface area (Å²) >= 11 is 1.56. The van der Waals surface area contributed by atoms with E-state index in [1.807, 2.05) is 12.3 Å². The molecule has 0 aliphatic carbocycles. The maximum Gasteiger partial charge on any atom is 0.412 e. The number of nitrogens with zero attached hydrogens (tertiary/aromatic N) is 1. The monoisotopic (exact) mass is 337 g/mol. The largest absolute Gasteiger partial charge is 0.444 e. The summed E-state index contributed by atoms with van der Waals surface area (Å²) < 4.78 is 18.9. The topological polar surface area (TPSA) is 63.2 Å². The number of halogens is 1. The van der Waals surface area contributed by atoms with Crippen molar-refractivity contribution in [1.29, 1.82) is 0 Å². The van der Waals surface area contributed by atoms with Crippen molar-refractivity contribution in [3.8, 4) is 0 Å². The van der Waals surface area contributed by atoms with Crippen LogP contribution >= 0.6 is 11.3 Å². The Kier molecular flexibility index (Phi) is 5.20. The molecule has 0 fully saturated rings. The summed E-state index contributed by atoms with van der Waals surface area (Å²) in [4.78, 5) is 16.1. The van der Waals surface area contributed by atoms with Crippen molar-refractivity contribution in [3.05, 3.63) is 40.1 Å². The van der Waals surface area contributed by atoms with Crippen molar-refractivity contribution in [1.82, 2.24) is 4.98 Å². The molecule has 0 spiro atoms. The highest BCUT2D eigenvalue weighted by Gasteiger charge is 2.17. The lowest BCUT2D eigenvalue weighted by Gasteiger charge is -2.20. The second-order valence-corrected chi connectivity index (χ2v) is 7.00. The Balaban J connectivity index is 2.02. The average molecular weight is 337 g/mol. The van der Waals surface area contributed by atoms with Crippen LogP contribution in [0.3, 0.4) is 0 Å². The van der Waals surface area contributed by atoms with Crippen LogP contribution in [0.25, 0.3) is 0 Å². The van der Waals surface area contributed by atoms with E-state index in [1.54, 1.807) is 38.2 Å². The number of aromatic nitrogens is 1. The Morgan fingerprint density at radius 3 is 2.74 bits per heavy atom. The SMILES string of the molecule is Cc1csc(CNc2ccc(F)c(NC(=O)OC(C)(C)C)c2)n1. The van der Waals surface area contributed by atoms with Gasteiger partial charge in [0.1, 0.15) is 16.4 Å². The van der Waals surface area contributed by atoms with Gasteiger partial charge in [0.25, 0.3) is 0 Å². The summed E-state index contributed by atoms with van der Waals surface area (Å²) in [6.45, 7) is 7.71. The standard InChI is InChI=1S/C16H20FN3O2S/c1-10-9-23-14(19-10)8-18-11-5-6-12(17)13(7-11)20-15(21)22-16(2,3)4/h5-7,9,18H,8H2,1-4H3,(H,20,21). The van der Waals surface area contributed by atoms with Gasteiger partial charge in [0.15, 0.2) is 0 Å². The van der Waals surface area contributed by atoms with Crippen LogP contribution in [0.15, 0.2) is 23.6 Å². The van der Waals surface area contributed by atoms with Gasteiger partial charge < -0.3 is 10.1 Å². The lowest BCUT2D eigenvalue weighted by atomic mass is 10.2. The molecule has 0 aliphatic heterocycles. The van der Waals surface area contributed by atoms with E-state index in [9.17, 15) is 9.18 Å². The number of rotatable bonds is 4. The molecule has 0 saturated heterocycles. The van der Waals surface area contributed by atoms with Crippen molar-refractivity contribution >= 4 is 28.8 Å². The van der Waals surface area contributed by atoms with E-state index in [0.717, 1.165) is 10.7 Å². The van der Waals surface area contributed by atoms with Crippen LogP contribution in [0.1, 0.15) is 31.5 Å². The minimum atomic E-state index is -0.691. The summed E-state index contributed by atoms with van der Waals surface area (Å²) in [5.74, 6) is -0.522.